The Morgan fingerprint density at radius 3 is 2.62 bits per heavy atom. The molecule has 21 heavy (non-hydrogen) atoms. The molecule has 0 fully saturated rings. The van der Waals surface area contributed by atoms with E-state index in [1.807, 2.05) is 30.3 Å². The van der Waals surface area contributed by atoms with Gasteiger partial charge in [0, 0.05) is 18.7 Å². The van der Waals surface area contributed by atoms with Crippen molar-refractivity contribution in [1.29, 1.82) is 0 Å². The largest absolute Gasteiger partial charge is 0.306 e. The zero-order valence-corrected chi connectivity index (χ0v) is 11.5. The van der Waals surface area contributed by atoms with E-state index in [-0.39, 0.29) is 18.0 Å². The van der Waals surface area contributed by atoms with Gasteiger partial charge in [-0.2, -0.15) is 5.10 Å². The van der Waals surface area contributed by atoms with E-state index in [4.69, 9.17) is 0 Å². The molecule has 0 bridgehead atoms. The van der Waals surface area contributed by atoms with Gasteiger partial charge in [0.1, 0.15) is 6.54 Å². The van der Waals surface area contributed by atoms with Gasteiger partial charge < -0.3 is 4.57 Å². The Labute approximate surface area is 122 Å². The minimum Gasteiger partial charge on any atom is -0.306 e. The normalized spacial score (nSPS) is 14.1. The fourth-order valence-electron chi connectivity index (χ4n) is 2.29. The lowest BCUT2D eigenvalue weighted by Gasteiger charge is -2.12. The molecule has 0 aliphatic carbocycles. The summed E-state index contributed by atoms with van der Waals surface area (Å²) in [6, 6.07) is 14.6. The van der Waals surface area contributed by atoms with Crippen molar-refractivity contribution in [2.24, 2.45) is 5.10 Å². The maximum absolute atomic E-state index is 12.2. The predicted octanol–water partition coefficient (Wildman–Crippen LogP) is 1.48. The van der Waals surface area contributed by atoms with Gasteiger partial charge in [0.05, 0.1) is 12.3 Å². The molecular weight excluding hydrogens is 266 g/mol. The smallest absolute Gasteiger partial charge is 0.262 e. The first-order chi connectivity index (χ1) is 10.2. The fraction of sp³-hybridized carbons (Fsp3) is 0.188. The Balaban J connectivity index is 1.74. The molecule has 3 rings (SSSR count). The molecule has 5 nitrogen and oxygen atoms in total. The third-order valence-corrected chi connectivity index (χ3v) is 3.40. The highest BCUT2D eigenvalue weighted by Gasteiger charge is 2.21. The van der Waals surface area contributed by atoms with Gasteiger partial charge in [-0.25, -0.2) is 5.01 Å². The maximum Gasteiger partial charge on any atom is 0.262 e. The zero-order chi connectivity index (χ0) is 14.7. The first kappa shape index (κ1) is 13.3. The summed E-state index contributed by atoms with van der Waals surface area (Å²) in [5, 5.41) is 5.82. The summed E-state index contributed by atoms with van der Waals surface area (Å²) in [7, 11) is 0. The van der Waals surface area contributed by atoms with E-state index in [1.54, 1.807) is 18.3 Å². The molecule has 0 saturated carbocycles. The van der Waals surface area contributed by atoms with Gasteiger partial charge in [-0.1, -0.05) is 36.4 Å². The second-order valence-corrected chi connectivity index (χ2v) is 4.85. The highest BCUT2D eigenvalue weighted by Crippen LogP contribution is 2.13. The number of amides is 1. The molecule has 0 radical (unpaired) electrons. The summed E-state index contributed by atoms with van der Waals surface area (Å²) < 4.78 is 1.39. The van der Waals surface area contributed by atoms with Crippen LogP contribution in [-0.4, -0.2) is 27.7 Å². The van der Waals surface area contributed by atoms with Gasteiger partial charge in [0.2, 0.25) is 0 Å². The van der Waals surface area contributed by atoms with Crippen LogP contribution >= 0.6 is 0 Å². The molecule has 0 spiro atoms. The quantitative estimate of drug-likeness (QED) is 0.855. The monoisotopic (exact) mass is 281 g/mol. The first-order valence-electron chi connectivity index (χ1n) is 6.83. The fourth-order valence-corrected chi connectivity index (χ4v) is 2.29. The molecule has 2 aromatic rings. The number of hydrazone groups is 1. The Morgan fingerprint density at radius 2 is 1.86 bits per heavy atom. The van der Waals surface area contributed by atoms with Crippen LogP contribution in [0.2, 0.25) is 0 Å². The number of pyridine rings is 1. The van der Waals surface area contributed by atoms with Crippen molar-refractivity contribution in [2.75, 3.05) is 6.54 Å². The number of hydrogen-bond donors (Lipinski definition) is 0. The molecule has 0 unspecified atom stereocenters. The SMILES string of the molecule is O=C(Cn1ccccc1=O)N1CCC(c2ccccc2)=N1. The third-order valence-electron chi connectivity index (χ3n) is 3.40. The van der Waals surface area contributed by atoms with Gasteiger partial charge in [0.15, 0.2) is 0 Å². The molecule has 1 aromatic heterocycles. The summed E-state index contributed by atoms with van der Waals surface area (Å²) >= 11 is 0. The van der Waals surface area contributed by atoms with Crippen LogP contribution in [0, 0.1) is 0 Å². The number of carbonyl (C=O) groups excluding carboxylic acids is 1. The number of carbonyl (C=O) groups is 1. The molecule has 1 aliphatic rings. The van der Waals surface area contributed by atoms with E-state index in [9.17, 15) is 9.59 Å². The van der Waals surface area contributed by atoms with Crippen molar-refractivity contribution in [2.45, 2.75) is 13.0 Å². The summed E-state index contributed by atoms with van der Waals surface area (Å²) in [4.78, 5) is 23.8. The molecule has 1 aliphatic heterocycles. The van der Waals surface area contributed by atoms with Crippen LogP contribution in [0.3, 0.4) is 0 Å². The van der Waals surface area contributed by atoms with E-state index in [0.29, 0.717) is 6.54 Å². The number of rotatable bonds is 3. The molecule has 0 saturated heterocycles. The number of benzene rings is 1. The van der Waals surface area contributed by atoms with E-state index < -0.39 is 0 Å². The number of hydrogen-bond acceptors (Lipinski definition) is 3. The van der Waals surface area contributed by atoms with Crippen molar-refractivity contribution >= 4 is 11.6 Å². The van der Waals surface area contributed by atoms with Crippen LogP contribution in [0.5, 0.6) is 0 Å². The van der Waals surface area contributed by atoms with Crippen LogP contribution in [-0.2, 0) is 11.3 Å². The summed E-state index contributed by atoms with van der Waals surface area (Å²) in [6.07, 6.45) is 2.34. The Kier molecular flexibility index (Phi) is 3.64. The van der Waals surface area contributed by atoms with Crippen molar-refractivity contribution in [3.63, 3.8) is 0 Å². The van der Waals surface area contributed by atoms with Crippen LogP contribution in [0.25, 0.3) is 0 Å². The van der Waals surface area contributed by atoms with Crippen LogP contribution in [0.4, 0.5) is 0 Å². The second-order valence-electron chi connectivity index (χ2n) is 4.85. The van der Waals surface area contributed by atoms with Gasteiger partial charge in [-0.05, 0) is 11.6 Å². The Hall–Kier alpha value is -2.69. The van der Waals surface area contributed by atoms with Gasteiger partial charge in [0.25, 0.3) is 11.5 Å². The van der Waals surface area contributed by atoms with Crippen molar-refractivity contribution in [3.05, 3.63) is 70.6 Å². The molecule has 5 heteroatoms. The van der Waals surface area contributed by atoms with E-state index in [0.717, 1.165) is 17.7 Å². The first-order valence-corrected chi connectivity index (χ1v) is 6.83. The molecule has 0 N–H and O–H groups in total. The Bertz CT molecular complexity index is 734. The van der Waals surface area contributed by atoms with Crippen LogP contribution in [0.15, 0.2) is 64.6 Å². The predicted molar refractivity (Wildman–Crippen MR) is 80.0 cm³/mol. The topological polar surface area (TPSA) is 54.7 Å². The summed E-state index contributed by atoms with van der Waals surface area (Å²) in [5.74, 6) is -0.172. The highest BCUT2D eigenvalue weighted by molar-refractivity contribution is 6.02. The van der Waals surface area contributed by atoms with Crippen molar-refractivity contribution in [3.8, 4) is 0 Å². The minimum atomic E-state index is -0.183. The Morgan fingerprint density at radius 1 is 1.10 bits per heavy atom. The number of aromatic nitrogens is 1. The molecule has 0 atom stereocenters. The molecule has 1 amide bonds. The van der Waals surface area contributed by atoms with Crippen LogP contribution in [0.1, 0.15) is 12.0 Å². The summed E-state index contributed by atoms with van der Waals surface area (Å²) in [6.45, 7) is 0.579. The van der Waals surface area contributed by atoms with Gasteiger partial charge >= 0.3 is 0 Å². The van der Waals surface area contributed by atoms with Gasteiger partial charge in [-0.3, -0.25) is 9.59 Å². The lowest BCUT2D eigenvalue weighted by molar-refractivity contribution is -0.131. The van der Waals surface area contributed by atoms with E-state index in [2.05, 4.69) is 5.10 Å². The second kappa shape index (κ2) is 5.75. The molecule has 1 aromatic carbocycles. The molecule has 106 valence electrons. The standard InChI is InChI=1S/C16H15N3O2/c20-15-8-4-5-10-18(15)12-16(21)19-11-9-14(17-19)13-6-2-1-3-7-13/h1-8,10H,9,11-12H2. The average Bonchev–Trinajstić information content (AvgIpc) is 3.00. The van der Waals surface area contributed by atoms with Crippen molar-refractivity contribution < 1.29 is 4.79 Å². The number of nitrogens with zero attached hydrogens (tertiary/aromatic N) is 3. The van der Waals surface area contributed by atoms with Crippen molar-refractivity contribution in [1.82, 2.24) is 9.58 Å². The van der Waals surface area contributed by atoms with E-state index >= 15 is 0 Å². The summed E-state index contributed by atoms with van der Waals surface area (Å²) in [5.41, 5.74) is 1.76. The third kappa shape index (κ3) is 2.91. The average molecular weight is 281 g/mol. The lowest BCUT2D eigenvalue weighted by atomic mass is 10.1. The van der Waals surface area contributed by atoms with E-state index in [1.165, 1.54) is 15.6 Å². The van der Waals surface area contributed by atoms with Crippen LogP contribution < -0.4 is 5.56 Å². The zero-order valence-electron chi connectivity index (χ0n) is 11.5. The molecule has 2 heterocycles. The minimum absolute atomic E-state index is 0.0191. The van der Waals surface area contributed by atoms with Gasteiger partial charge in [-0.15, -0.1) is 0 Å². The maximum atomic E-state index is 12.2. The lowest BCUT2D eigenvalue weighted by Crippen LogP contribution is -2.31. The highest BCUT2D eigenvalue weighted by atomic mass is 16.2. The molecular formula is C16H15N3O2.